The number of aromatic carboxylic acids is 1. The van der Waals surface area contributed by atoms with Crippen LogP contribution in [0, 0.1) is 13.8 Å². The molecule has 0 aliphatic carbocycles. The van der Waals surface area contributed by atoms with E-state index in [-0.39, 0.29) is 11.6 Å². The first-order chi connectivity index (χ1) is 9.79. The molecule has 0 radical (unpaired) electrons. The second-order valence-corrected chi connectivity index (χ2v) is 6.04. The summed E-state index contributed by atoms with van der Waals surface area (Å²) in [4.78, 5) is 20.0. The number of aliphatic hydroxyl groups is 1. The van der Waals surface area contributed by atoms with Crippen LogP contribution in [0.4, 0.5) is 5.82 Å². The maximum atomic E-state index is 11.6. The third-order valence-electron chi connectivity index (χ3n) is 3.78. The van der Waals surface area contributed by atoms with E-state index >= 15 is 0 Å². The lowest BCUT2D eigenvalue weighted by Gasteiger charge is -2.29. The van der Waals surface area contributed by atoms with E-state index in [9.17, 15) is 15.0 Å². The monoisotopic (exact) mass is 293 g/mol. The van der Waals surface area contributed by atoms with Gasteiger partial charge in [0, 0.05) is 24.8 Å². The van der Waals surface area contributed by atoms with Gasteiger partial charge >= 0.3 is 5.97 Å². The van der Waals surface area contributed by atoms with Gasteiger partial charge in [-0.25, -0.2) is 9.78 Å². The lowest BCUT2D eigenvalue weighted by Crippen LogP contribution is -2.39. The van der Waals surface area contributed by atoms with Crippen molar-refractivity contribution in [2.24, 2.45) is 0 Å². The van der Waals surface area contributed by atoms with Crippen LogP contribution in [0.25, 0.3) is 0 Å². The van der Waals surface area contributed by atoms with Gasteiger partial charge in [-0.3, -0.25) is 0 Å². The molecule has 1 aliphatic rings. The van der Waals surface area contributed by atoms with E-state index in [4.69, 9.17) is 0 Å². The van der Waals surface area contributed by atoms with Gasteiger partial charge in [0.1, 0.15) is 11.4 Å². The SMILES string of the molecule is Cc1cc(C)c(C(=O)O)c(N2CC(O)CC2CN(C)C)n1. The molecule has 0 bridgehead atoms. The lowest BCUT2D eigenvalue weighted by atomic mass is 10.1. The van der Waals surface area contributed by atoms with Gasteiger partial charge in [-0.1, -0.05) is 0 Å². The number of rotatable bonds is 4. The molecule has 0 aromatic carbocycles. The molecule has 1 saturated heterocycles. The van der Waals surface area contributed by atoms with Crippen molar-refractivity contribution in [2.45, 2.75) is 32.4 Å². The zero-order valence-electron chi connectivity index (χ0n) is 13.0. The van der Waals surface area contributed by atoms with E-state index in [2.05, 4.69) is 4.98 Å². The number of nitrogens with zero attached hydrogens (tertiary/aromatic N) is 3. The first-order valence-electron chi connectivity index (χ1n) is 7.10. The molecule has 0 amide bonds. The number of pyridine rings is 1. The molecular weight excluding hydrogens is 270 g/mol. The number of aromatic nitrogens is 1. The Morgan fingerprint density at radius 1 is 1.48 bits per heavy atom. The molecule has 21 heavy (non-hydrogen) atoms. The third-order valence-corrected chi connectivity index (χ3v) is 3.78. The molecular formula is C15H23N3O3. The molecule has 2 unspecified atom stereocenters. The number of aryl methyl sites for hydroxylation is 2. The molecule has 1 fully saturated rings. The fourth-order valence-electron chi connectivity index (χ4n) is 3.04. The number of anilines is 1. The molecule has 2 atom stereocenters. The molecule has 0 spiro atoms. The Bertz CT molecular complexity index is 545. The number of likely N-dealkylation sites (N-methyl/N-ethyl adjacent to an activating group) is 1. The van der Waals surface area contributed by atoms with Crippen molar-refractivity contribution in [3.05, 3.63) is 22.9 Å². The van der Waals surface area contributed by atoms with E-state index in [0.29, 0.717) is 24.3 Å². The average molecular weight is 293 g/mol. The molecule has 0 saturated carbocycles. The maximum Gasteiger partial charge on any atom is 0.339 e. The molecule has 6 heteroatoms. The summed E-state index contributed by atoms with van der Waals surface area (Å²) >= 11 is 0. The highest BCUT2D eigenvalue weighted by Crippen LogP contribution is 2.30. The predicted octanol–water partition coefficient (Wildman–Crippen LogP) is 0.898. The fourth-order valence-corrected chi connectivity index (χ4v) is 3.04. The highest BCUT2D eigenvalue weighted by atomic mass is 16.4. The van der Waals surface area contributed by atoms with Crippen molar-refractivity contribution in [3.63, 3.8) is 0 Å². The molecule has 2 rings (SSSR count). The molecule has 6 nitrogen and oxygen atoms in total. The van der Waals surface area contributed by atoms with Crippen LogP contribution in [0.15, 0.2) is 6.07 Å². The van der Waals surface area contributed by atoms with Gasteiger partial charge in [-0.2, -0.15) is 0 Å². The van der Waals surface area contributed by atoms with Gasteiger partial charge in [0.25, 0.3) is 0 Å². The Labute approximate surface area is 125 Å². The molecule has 2 N–H and O–H groups in total. The summed E-state index contributed by atoms with van der Waals surface area (Å²) in [6.07, 6.45) is 0.186. The highest BCUT2D eigenvalue weighted by Gasteiger charge is 2.34. The number of hydrogen-bond acceptors (Lipinski definition) is 5. The minimum absolute atomic E-state index is 0.0711. The van der Waals surface area contributed by atoms with Gasteiger partial charge in [0.15, 0.2) is 0 Å². The Morgan fingerprint density at radius 2 is 2.14 bits per heavy atom. The summed E-state index contributed by atoms with van der Waals surface area (Å²) in [6.45, 7) is 4.82. The van der Waals surface area contributed by atoms with E-state index < -0.39 is 12.1 Å². The van der Waals surface area contributed by atoms with Crippen LogP contribution in [-0.4, -0.2) is 65.4 Å². The number of carboxylic acid groups (broad SMARTS) is 1. The predicted molar refractivity (Wildman–Crippen MR) is 81.0 cm³/mol. The van der Waals surface area contributed by atoms with Crippen molar-refractivity contribution in [1.29, 1.82) is 0 Å². The zero-order chi connectivity index (χ0) is 15.7. The second-order valence-electron chi connectivity index (χ2n) is 6.04. The number of hydrogen-bond donors (Lipinski definition) is 2. The van der Waals surface area contributed by atoms with Crippen molar-refractivity contribution in [2.75, 3.05) is 32.1 Å². The van der Waals surface area contributed by atoms with Gasteiger partial charge < -0.3 is 20.0 Å². The minimum atomic E-state index is -0.972. The molecule has 116 valence electrons. The van der Waals surface area contributed by atoms with Gasteiger partial charge in [0.05, 0.1) is 6.10 Å². The Hall–Kier alpha value is -1.66. The van der Waals surface area contributed by atoms with Crippen LogP contribution in [-0.2, 0) is 0 Å². The summed E-state index contributed by atoms with van der Waals surface area (Å²) in [5.41, 5.74) is 1.73. The Kier molecular flexibility index (Phi) is 4.49. The quantitative estimate of drug-likeness (QED) is 0.859. The van der Waals surface area contributed by atoms with Crippen LogP contribution < -0.4 is 4.90 Å². The number of β-amino-alcohol motifs (C(OH)–C–C–N with tert-alkyl or cyclic N) is 1. The van der Waals surface area contributed by atoms with Crippen LogP contribution in [0.1, 0.15) is 28.0 Å². The Balaban J connectivity index is 2.46. The lowest BCUT2D eigenvalue weighted by molar-refractivity contribution is 0.0696. The first-order valence-corrected chi connectivity index (χ1v) is 7.10. The summed E-state index contributed by atoms with van der Waals surface area (Å²) in [5.74, 6) is -0.497. The molecule has 2 heterocycles. The fraction of sp³-hybridized carbons (Fsp3) is 0.600. The van der Waals surface area contributed by atoms with Gasteiger partial charge in [0.2, 0.25) is 0 Å². The topological polar surface area (TPSA) is 76.9 Å². The second kappa shape index (κ2) is 5.99. The summed E-state index contributed by atoms with van der Waals surface area (Å²) in [5, 5.41) is 19.5. The highest BCUT2D eigenvalue weighted by molar-refractivity contribution is 5.95. The van der Waals surface area contributed by atoms with Gasteiger partial charge in [-0.05, 0) is 46.0 Å². The summed E-state index contributed by atoms with van der Waals surface area (Å²) in [6, 6.07) is 1.85. The largest absolute Gasteiger partial charge is 0.478 e. The summed E-state index contributed by atoms with van der Waals surface area (Å²) < 4.78 is 0. The van der Waals surface area contributed by atoms with Crippen molar-refractivity contribution in [3.8, 4) is 0 Å². The van der Waals surface area contributed by atoms with Crippen molar-refractivity contribution in [1.82, 2.24) is 9.88 Å². The van der Waals surface area contributed by atoms with Crippen LogP contribution in [0.3, 0.4) is 0 Å². The van der Waals surface area contributed by atoms with Crippen molar-refractivity contribution >= 4 is 11.8 Å². The van der Waals surface area contributed by atoms with Crippen LogP contribution in [0.5, 0.6) is 0 Å². The average Bonchev–Trinajstić information content (AvgIpc) is 2.67. The van der Waals surface area contributed by atoms with Crippen LogP contribution >= 0.6 is 0 Å². The molecule has 1 aliphatic heterocycles. The zero-order valence-corrected chi connectivity index (χ0v) is 13.0. The third kappa shape index (κ3) is 3.33. The molecule has 1 aromatic rings. The maximum absolute atomic E-state index is 11.6. The number of carboxylic acids is 1. The summed E-state index contributed by atoms with van der Waals surface area (Å²) in [7, 11) is 3.94. The minimum Gasteiger partial charge on any atom is -0.478 e. The van der Waals surface area contributed by atoms with E-state index in [1.165, 1.54) is 0 Å². The standard InChI is InChI=1S/C15H23N3O3/c1-9-5-10(2)16-14(13(9)15(20)21)18-8-12(19)6-11(18)7-17(3)4/h5,11-12,19H,6-8H2,1-4H3,(H,20,21). The van der Waals surface area contributed by atoms with E-state index in [0.717, 1.165) is 12.2 Å². The molecule has 1 aromatic heterocycles. The first kappa shape index (κ1) is 15.7. The van der Waals surface area contributed by atoms with E-state index in [1.807, 2.05) is 30.8 Å². The van der Waals surface area contributed by atoms with Gasteiger partial charge in [-0.15, -0.1) is 0 Å². The smallest absolute Gasteiger partial charge is 0.339 e. The number of aliphatic hydroxyl groups excluding tert-OH is 1. The Morgan fingerprint density at radius 3 is 2.71 bits per heavy atom. The van der Waals surface area contributed by atoms with Crippen molar-refractivity contribution < 1.29 is 15.0 Å². The normalized spacial score (nSPS) is 22.1. The van der Waals surface area contributed by atoms with E-state index in [1.54, 1.807) is 13.0 Å². The van der Waals surface area contributed by atoms with Crippen LogP contribution in [0.2, 0.25) is 0 Å². The number of carbonyl (C=O) groups is 1.